The molecule has 20 heavy (non-hydrogen) atoms. The molecule has 1 heterocycles. The molecule has 2 aromatic rings. The van der Waals surface area contributed by atoms with E-state index in [2.05, 4.69) is 10.3 Å². The number of hydrogen-bond donors (Lipinski definition) is 1. The van der Waals surface area contributed by atoms with Crippen LogP contribution in [-0.4, -0.2) is 11.5 Å². The number of nitrogens with zero attached hydrogens (tertiary/aromatic N) is 1. The summed E-state index contributed by atoms with van der Waals surface area (Å²) in [5.41, 5.74) is 2.30. The molecule has 4 heteroatoms. The number of aryl methyl sites for hydroxylation is 1. The Morgan fingerprint density at radius 3 is 2.65 bits per heavy atom. The SMILES string of the molecule is CCNC(c1cc(F)ccc1F)c1ccncc1CC. The Morgan fingerprint density at radius 1 is 1.15 bits per heavy atom. The van der Waals surface area contributed by atoms with Gasteiger partial charge in [-0.25, -0.2) is 8.78 Å². The highest BCUT2D eigenvalue weighted by molar-refractivity contribution is 5.36. The third kappa shape index (κ3) is 3.02. The first-order valence-corrected chi connectivity index (χ1v) is 6.78. The molecule has 1 aromatic carbocycles. The van der Waals surface area contributed by atoms with Crippen LogP contribution in [0.4, 0.5) is 8.78 Å². The van der Waals surface area contributed by atoms with Gasteiger partial charge in [0, 0.05) is 18.0 Å². The summed E-state index contributed by atoms with van der Waals surface area (Å²) in [4.78, 5) is 4.10. The minimum absolute atomic E-state index is 0.327. The Kier molecular flexibility index (Phi) is 4.79. The molecule has 1 atom stereocenters. The maximum absolute atomic E-state index is 14.0. The topological polar surface area (TPSA) is 24.9 Å². The molecule has 0 aliphatic heterocycles. The summed E-state index contributed by atoms with van der Waals surface area (Å²) >= 11 is 0. The Labute approximate surface area is 117 Å². The number of nitrogens with one attached hydrogen (secondary N) is 1. The largest absolute Gasteiger partial charge is 0.306 e. The molecule has 1 N–H and O–H groups in total. The van der Waals surface area contributed by atoms with Crippen molar-refractivity contribution in [2.75, 3.05) is 6.54 Å². The second-order valence-corrected chi connectivity index (χ2v) is 4.58. The van der Waals surface area contributed by atoms with Gasteiger partial charge in [0.1, 0.15) is 11.6 Å². The summed E-state index contributed by atoms with van der Waals surface area (Å²) in [6, 6.07) is 5.05. The summed E-state index contributed by atoms with van der Waals surface area (Å²) in [5.74, 6) is -0.840. The average molecular weight is 276 g/mol. The van der Waals surface area contributed by atoms with Gasteiger partial charge in [-0.1, -0.05) is 13.8 Å². The smallest absolute Gasteiger partial charge is 0.128 e. The highest BCUT2D eigenvalue weighted by Gasteiger charge is 2.20. The Balaban J connectivity index is 2.53. The second kappa shape index (κ2) is 6.57. The third-order valence-electron chi connectivity index (χ3n) is 3.31. The number of pyridine rings is 1. The number of halogens is 2. The summed E-state index contributed by atoms with van der Waals surface area (Å²) in [7, 11) is 0. The molecule has 2 nitrogen and oxygen atoms in total. The lowest BCUT2D eigenvalue weighted by molar-refractivity contribution is 0.543. The second-order valence-electron chi connectivity index (χ2n) is 4.58. The number of hydrogen-bond acceptors (Lipinski definition) is 2. The number of rotatable bonds is 5. The Hall–Kier alpha value is -1.81. The molecule has 0 bridgehead atoms. The molecule has 0 spiro atoms. The first-order valence-electron chi connectivity index (χ1n) is 6.78. The zero-order valence-corrected chi connectivity index (χ0v) is 11.7. The van der Waals surface area contributed by atoms with Crippen molar-refractivity contribution in [3.05, 3.63) is 65.0 Å². The van der Waals surface area contributed by atoms with Crippen LogP contribution in [0, 0.1) is 11.6 Å². The lowest BCUT2D eigenvalue weighted by Crippen LogP contribution is -2.24. The van der Waals surface area contributed by atoms with Gasteiger partial charge in [0.25, 0.3) is 0 Å². The molecule has 0 amide bonds. The maximum atomic E-state index is 14.0. The van der Waals surface area contributed by atoms with Gasteiger partial charge in [-0.3, -0.25) is 4.98 Å². The van der Waals surface area contributed by atoms with E-state index in [0.29, 0.717) is 12.1 Å². The standard InChI is InChI=1S/C16H18F2N2/c1-3-11-10-19-8-7-13(11)16(20-4-2)14-9-12(17)5-6-15(14)18/h5-10,16,20H,3-4H2,1-2H3. The lowest BCUT2D eigenvalue weighted by Gasteiger charge is -2.22. The average Bonchev–Trinajstić information content (AvgIpc) is 2.47. The fraction of sp³-hybridized carbons (Fsp3) is 0.312. The van der Waals surface area contributed by atoms with E-state index in [1.54, 1.807) is 12.4 Å². The van der Waals surface area contributed by atoms with Gasteiger partial charge in [-0.05, 0) is 48.4 Å². The van der Waals surface area contributed by atoms with E-state index in [1.165, 1.54) is 12.1 Å². The van der Waals surface area contributed by atoms with E-state index in [-0.39, 0.29) is 6.04 Å². The molecular weight excluding hydrogens is 258 g/mol. The molecule has 0 saturated heterocycles. The molecule has 0 saturated carbocycles. The van der Waals surface area contributed by atoms with Gasteiger partial charge in [0.15, 0.2) is 0 Å². The maximum Gasteiger partial charge on any atom is 0.128 e. The van der Waals surface area contributed by atoms with Crippen LogP contribution in [-0.2, 0) is 6.42 Å². The zero-order valence-electron chi connectivity index (χ0n) is 11.7. The monoisotopic (exact) mass is 276 g/mol. The van der Waals surface area contributed by atoms with Crippen molar-refractivity contribution >= 4 is 0 Å². The number of aromatic nitrogens is 1. The van der Waals surface area contributed by atoms with Crippen molar-refractivity contribution in [2.45, 2.75) is 26.3 Å². The number of benzene rings is 1. The van der Waals surface area contributed by atoms with Crippen molar-refractivity contribution in [2.24, 2.45) is 0 Å². The van der Waals surface area contributed by atoms with Crippen molar-refractivity contribution < 1.29 is 8.78 Å². The van der Waals surface area contributed by atoms with Crippen molar-refractivity contribution in [1.82, 2.24) is 10.3 Å². The summed E-state index contributed by atoms with van der Waals surface area (Å²) in [6.07, 6.45) is 4.24. The van der Waals surface area contributed by atoms with Gasteiger partial charge in [-0.2, -0.15) is 0 Å². The van der Waals surface area contributed by atoms with E-state index in [4.69, 9.17) is 0 Å². The van der Waals surface area contributed by atoms with Gasteiger partial charge in [0.05, 0.1) is 6.04 Å². The molecule has 0 fully saturated rings. The highest BCUT2D eigenvalue weighted by atomic mass is 19.1. The first-order chi connectivity index (χ1) is 9.67. The first kappa shape index (κ1) is 14.6. The molecule has 1 unspecified atom stereocenters. The van der Waals surface area contributed by atoms with Gasteiger partial charge < -0.3 is 5.32 Å². The van der Waals surface area contributed by atoms with E-state index in [1.807, 2.05) is 19.9 Å². The van der Waals surface area contributed by atoms with Crippen molar-refractivity contribution in [3.63, 3.8) is 0 Å². The van der Waals surface area contributed by atoms with Crippen LogP contribution in [0.2, 0.25) is 0 Å². The quantitative estimate of drug-likeness (QED) is 0.902. The fourth-order valence-corrected chi connectivity index (χ4v) is 2.34. The van der Waals surface area contributed by atoms with E-state index in [0.717, 1.165) is 23.6 Å². The molecule has 0 aliphatic rings. The van der Waals surface area contributed by atoms with E-state index >= 15 is 0 Å². The van der Waals surface area contributed by atoms with Gasteiger partial charge >= 0.3 is 0 Å². The minimum Gasteiger partial charge on any atom is -0.306 e. The van der Waals surface area contributed by atoms with Crippen LogP contribution < -0.4 is 5.32 Å². The molecule has 0 radical (unpaired) electrons. The van der Waals surface area contributed by atoms with Crippen LogP contribution in [0.1, 0.15) is 36.6 Å². The molecule has 2 rings (SSSR count). The molecular formula is C16H18F2N2. The summed E-state index contributed by atoms with van der Waals surface area (Å²) < 4.78 is 27.5. The molecule has 1 aromatic heterocycles. The van der Waals surface area contributed by atoms with E-state index in [9.17, 15) is 8.78 Å². The van der Waals surface area contributed by atoms with Crippen LogP contribution in [0.5, 0.6) is 0 Å². The Morgan fingerprint density at radius 2 is 1.95 bits per heavy atom. The zero-order chi connectivity index (χ0) is 14.5. The van der Waals surface area contributed by atoms with Crippen LogP contribution in [0.3, 0.4) is 0 Å². The lowest BCUT2D eigenvalue weighted by atomic mass is 9.94. The highest BCUT2D eigenvalue weighted by Crippen LogP contribution is 2.27. The fourth-order valence-electron chi connectivity index (χ4n) is 2.34. The Bertz CT molecular complexity index is 584. The predicted molar refractivity (Wildman–Crippen MR) is 75.5 cm³/mol. The van der Waals surface area contributed by atoms with Gasteiger partial charge in [-0.15, -0.1) is 0 Å². The van der Waals surface area contributed by atoms with Crippen molar-refractivity contribution in [3.8, 4) is 0 Å². The predicted octanol–water partition coefficient (Wildman–Crippen LogP) is 3.62. The molecule has 106 valence electrons. The summed E-state index contributed by atoms with van der Waals surface area (Å²) in [5, 5.41) is 3.22. The minimum atomic E-state index is -0.434. The van der Waals surface area contributed by atoms with Crippen LogP contribution in [0.15, 0.2) is 36.7 Å². The van der Waals surface area contributed by atoms with Crippen LogP contribution in [0.25, 0.3) is 0 Å². The van der Waals surface area contributed by atoms with Gasteiger partial charge in [0.2, 0.25) is 0 Å². The van der Waals surface area contributed by atoms with Crippen LogP contribution >= 0.6 is 0 Å². The summed E-state index contributed by atoms with van der Waals surface area (Å²) in [6.45, 7) is 4.62. The van der Waals surface area contributed by atoms with E-state index < -0.39 is 11.6 Å². The third-order valence-corrected chi connectivity index (χ3v) is 3.31. The van der Waals surface area contributed by atoms with Crippen molar-refractivity contribution in [1.29, 1.82) is 0 Å². The molecule has 0 aliphatic carbocycles. The normalized spacial score (nSPS) is 12.4.